The molecule has 2 amide bonds. The zero-order valence-corrected chi connectivity index (χ0v) is 17.1. The van der Waals surface area contributed by atoms with Gasteiger partial charge in [-0.15, -0.1) is 0 Å². The van der Waals surface area contributed by atoms with Crippen molar-refractivity contribution in [2.75, 3.05) is 26.2 Å². The molecule has 0 unspecified atom stereocenters. The number of halogens is 1. The van der Waals surface area contributed by atoms with Gasteiger partial charge in [-0.3, -0.25) is 4.79 Å². The zero-order chi connectivity index (χ0) is 20.2. The normalized spacial score (nSPS) is 16.3. The van der Waals surface area contributed by atoms with Gasteiger partial charge in [0.1, 0.15) is 6.61 Å². The van der Waals surface area contributed by atoms with E-state index in [1.54, 1.807) is 4.90 Å². The standard InChI is InChI=1S/C21H25ClN4O3/c22-15-7-9-16(10-8-15)26-18-6-3-1-2-5-17(18)19(24-26)20(27)23-11-4-12-25-13-14-29-21(25)28/h7-10H,1-6,11-14H2,(H,23,27). The smallest absolute Gasteiger partial charge is 0.409 e. The van der Waals surface area contributed by atoms with E-state index in [1.165, 1.54) is 0 Å². The molecule has 0 atom stereocenters. The molecule has 2 heterocycles. The number of rotatable bonds is 6. The highest BCUT2D eigenvalue weighted by atomic mass is 35.5. The average molecular weight is 417 g/mol. The second kappa shape index (κ2) is 8.86. The molecule has 1 aromatic carbocycles. The number of amides is 2. The van der Waals surface area contributed by atoms with Crippen molar-refractivity contribution in [3.63, 3.8) is 0 Å². The predicted molar refractivity (Wildman–Crippen MR) is 110 cm³/mol. The van der Waals surface area contributed by atoms with Gasteiger partial charge in [0.15, 0.2) is 5.69 Å². The van der Waals surface area contributed by atoms with E-state index in [9.17, 15) is 9.59 Å². The van der Waals surface area contributed by atoms with Crippen molar-refractivity contribution in [1.82, 2.24) is 20.0 Å². The van der Waals surface area contributed by atoms with Gasteiger partial charge in [-0.1, -0.05) is 18.0 Å². The molecule has 0 radical (unpaired) electrons. The second-order valence-electron chi connectivity index (χ2n) is 7.43. The maximum atomic E-state index is 12.9. The monoisotopic (exact) mass is 416 g/mol. The molecule has 4 rings (SSSR count). The summed E-state index contributed by atoms with van der Waals surface area (Å²) in [5.74, 6) is -0.153. The fraction of sp³-hybridized carbons (Fsp3) is 0.476. The topological polar surface area (TPSA) is 76.5 Å². The Balaban J connectivity index is 1.48. The van der Waals surface area contributed by atoms with Crippen LogP contribution < -0.4 is 5.32 Å². The number of carbonyl (C=O) groups is 2. The third-order valence-electron chi connectivity index (χ3n) is 5.45. The summed E-state index contributed by atoms with van der Waals surface area (Å²) in [4.78, 5) is 26.0. The quantitative estimate of drug-likeness (QED) is 0.578. The van der Waals surface area contributed by atoms with Crippen molar-refractivity contribution in [2.24, 2.45) is 0 Å². The number of nitrogens with zero attached hydrogens (tertiary/aromatic N) is 3. The van der Waals surface area contributed by atoms with E-state index in [0.717, 1.165) is 49.0 Å². The lowest BCUT2D eigenvalue weighted by molar-refractivity contribution is 0.0946. The van der Waals surface area contributed by atoms with Gasteiger partial charge in [0.25, 0.3) is 5.91 Å². The van der Waals surface area contributed by atoms with Crippen molar-refractivity contribution in [1.29, 1.82) is 0 Å². The third kappa shape index (κ3) is 4.40. The van der Waals surface area contributed by atoms with Gasteiger partial charge in [0, 0.05) is 29.4 Å². The molecule has 154 valence electrons. The van der Waals surface area contributed by atoms with Crippen LogP contribution in [0.15, 0.2) is 24.3 Å². The van der Waals surface area contributed by atoms with Gasteiger partial charge < -0.3 is 15.0 Å². The summed E-state index contributed by atoms with van der Waals surface area (Å²) in [5.41, 5.74) is 3.60. The number of ether oxygens (including phenoxy) is 1. The van der Waals surface area contributed by atoms with Crippen molar-refractivity contribution in [3.8, 4) is 5.69 Å². The Hall–Kier alpha value is -2.54. The number of aromatic nitrogens is 2. The summed E-state index contributed by atoms with van der Waals surface area (Å²) in [5, 5.41) is 8.32. The molecule has 1 fully saturated rings. The van der Waals surface area contributed by atoms with Crippen molar-refractivity contribution < 1.29 is 14.3 Å². The van der Waals surface area contributed by atoms with Gasteiger partial charge in [0.2, 0.25) is 0 Å². The Labute approximate surface area is 175 Å². The minimum Gasteiger partial charge on any atom is -0.448 e. The maximum absolute atomic E-state index is 12.9. The van der Waals surface area contributed by atoms with Gasteiger partial charge in [-0.2, -0.15) is 5.10 Å². The average Bonchev–Trinajstić information content (AvgIpc) is 3.20. The van der Waals surface area contributed by atoms with E-state index in [4.69, 9.17) is 16.3 Å². The number of nitrogens with one attached hydrogen (secondary N) is 1. The summed E-state index contributed by atoms with van der Waals surface area (Å²) in [6.07, 6.45) is 5.50. The molecule has 1 aliphatic heterocycles. The SMILES string of the molecule is O=C(NCCCN1CCOC1=O)c1nn(-c2ccc(Cl)cc2)c2c1CCCCC2. The zero-order valence-electron chi connectivity index (χ0n) is 16.3. The van der Waals surface area contributed by atoms with Crippen LogP contribution in [0.1, 0.15) is 47.4 Å². The minimum absolute atomic E-state index is 0.153. The third-order valence-corrected chi connectivity index (χ3v) is 5.70. The number of cyclic esters (lactones) is 1. The van der Waals surface area contributed by atoms with Crippen LogP contribution in [0.2, 0.25) is 5.02 Å². The lowest BCUT2D eigenvalue weighted by Crippen LogP contribution is -2.31. The highest BCUT2D eigenvalue weighted by Gasteiger charge is 2.25. The summed E-state index contributed by atoms with van der Waals surface area (Å²) < 4.78 is 6.81. The molecule has 1 N–H and O–H groups in total. The number of benzene rings is 1. The molecule has 29 heavy (non-hydrogen) atoms. The first kappa shape index (κ1) is 19.8. The Kier molecular flexibility index (Phi) is 6.04. The lowest BCUT2D eigenvalue weighted by Gasteiger charge is -2.12. The van der Waals surface area contributed by atoms with Crippen molar-refractivity contribution >= 4 is 23.6 Å². The Morgan fingerprint density at radius 2 is 1.97 bits per heavy atom. The second-order valence-corrected chi connectivity index (χ2v) is 7.87. The minimum atomic E-state index is -0.275. The number of carbonyl (C=O) groups excluding carboxylic acids is 2. The molecular formula is C21H25ClN4O3. The summed E-state index contributed by atoms with van der Waals surface area (Å²) in [6, 6.07) is 7.53. The summed E-state index contributed by atoms with van der Waals surface area (Å²) in [7, 11) is 0. The Morgan fingerprint density at radius 3 is 2.72 bits per heavy atom. The molecule has 8 heteroatoms. The molecule has 7 nitrogen and oxygen atoms in total. The van der Waals surface area contributed by atoms with Gasteiger partial charge >= 0.3 is 6.09 Å². The summed E-state index contributed by atoms with van der Waals surface area (Å²) in [6.45, 7) is 2.13. The molecule has 0 bridgehead atoms. The number of fused-ring (bicyclic) bond motifs is 1. The molecule has 0 spiro atoms. The molecule has 2 aliphatic rings. The fourth-order valence-electron chi connectivity index (χ4n) is 3.94. The molecule has 1 aromatic heterocycles. The van der Waals surface area contributed by atoms with E-state index in [2.05, 4.69) is 10.4 Å². The number of hydrogen-bond acceptors (Lipinski definition) is 4. The van der Waals surface area contributed by atoms with E-state index < -0.39 is 0 Å². The van der Waals surface area contributed by atoms with Crippen LogP contribution in [-0.4, -0.2) is 52.9 Å². The van der Waals surface area contributed by atoms with Gasteiger partial charge in [-0.05, 0) is 56.4 Å². The largest absolute Gasteiger partial charge is 0.448 e. The number of hydrogen-bond donors (Lipinski definition) is 1. The van der Waals surface area contributed by atoms with Gasteiger partial charge in [-0.25, -0.2) is 9.48 Å². The highest BCUT2D eigenvalue weighted by Crippen LogP contribution is 2.27. The van der Waals surface area contributed by atoms with E-state index in [-0.39, 0.29) is 12.0 Å². The lowest BCUT2D eigenvalue weighted by atomic mass is 10.1. The molecule has 1 saturated heterocycles. The van der Waals surface area contributed by atoms with Crippen LogP contribution in [0.5, 0.6) is 0 Å². The van der Waals surface area contributed by atoms with Crippen LogP contribution in [0.4, 0.5) is 4.79 Å². The van der Waals surface area contributed by atoms with Crippen LogP contribution >= 0.6 is 11.6 Å². The molecule has 0 saturated carbocycles. The van der Waals surface area contributed by atoms with Crippen LogP contribution in [0.25, 0.3) is 5.69 Å². The molecule has 2 aromatic rings. The van der Waals surface area contributed by atoms with Crippen LogP contribution in [-0.2, 0) is 17.6 Å². The van der Waals surface area contributed by atoms with Crippen molar-refractivity contribution in [3.05, 3.63) is 46.2 Å². The Morgan fingerprint density at radius 1 is 1.17 bits per heavy atom. The van der Waals surface area contributed by atoms with Crippen LogP contribution in [0, 0.1) is 0 Å². The first-order valence-corrected chi connectivity index (χ1v) is 10.6. The molecule has 1 aliphatic carbocycles. The van der Waals surface area contributed by atoms with E-state index >= 15 is 0 Å². The van der Waals surface area contributed by atoms with E-state index in [1.807, 2.05) is 28.9 Å². The highest BCUT2D eigenvalue weighted by molar-refractivity contribution is 6.30. The van der Waals surface area contributed by atoms with Gasteiger partial charge in [0.05, 0.1) is 12.2 Å². The summed E-state index contributed by atoms with van der Waals surface area (Å²) >= 11 is 6.03. The molecular weight excluding hydrogens is 392 g/mol. The first-order valence-electron chi connectivity index (χ1n) is 10.2. The predicted octanol–water partition coefficient (Wildman–Crippen LogP) is 3.37. The maximum Gasteiger partial charge on any atom is 0.409 e. The first-order chi connectivity index (χ1) is 14.1. The Bertz CT molecular complexity index is 894. The fourth-order valence-corrected chi connectivity index (χ4v) is 4.06. The van der Waals surface area contributed by atoms with Crippen LogP contribution in [0.3, 0.4) is 0 Å². The van der Waals surface area contributed by atoms with E-state index in [0.29, 0.717) is 43.4 Å². The van der Waals surface area contributed by atoms with Crippen molar-refractivity contribution in [2.45, 2.75) is 38.5 Å².